The zero-order chi connectivity index (χ0) is 15.2. The maximum Gasteiger partial charge on any atom is 0.275 e. The lowest BCUT2D eigenvalue weighted by Crippen LogP contribution is -2.15. The van der Waals surface area contributed by atoms with Gasteiger partial charge in [0.15, 0.2) is 5.82 Å². The molecular formula is C14H19N5O2. The molecule has 0 fully saturated rings. The summed E-state index contributed by atoms with van der Waals surface area (Å²) >= 11 is 0. The fourth-order valence-corrected chi connectivity index (χ4v) is 1.67. The SMILES string of the molecule is Cc1cc(NC(=O)c2cc(NCCC(C)C)ncn2)no1. The van der Waals surface area contributed by atoms with Gasteiger partial charge in [-0.3, -0.25) is 4.79 Å². The van der Waals surface area contributed by atoms with Gasteiger partial charge in [-0.2, -0.15) is 0 Å². The number of amides is 1. The van der Waals surface area contributed by atoms with E-state index < -0.39 is 0 Å². The first kappa shape index (κ1) is 15.0. The summed E-state index contributed by atoms with van der Waals surface area (Å²) in [7, 11) is 0. The zero-order valence-corrected chi connectivity index (χ0v) is 12.4. The van der Waals surface area contributed by atoms with Crippen LogP contribution in [0, 0.1) is 12.8 Å². The number of aromatic nitrogens is 3. The van der Waals surface area contributed by atoms with E-state index in [0.717, 1.165) is 13.0 Å². The Kier molecular flexibility index (Phi) is 4.86. The molecule has 0 saturated carbocycles. The van der Waals surface area contributed by atoms with Crippen LogP contribution in [-0.4, -0.2) is 27.6 Å². The number of aryl methyl sites for hydroxylation is 1. The number of carbonyl (C=O) groups is 1. The Balaban J connectivity index is 1.97. The van der Waals surface area contributed by atoms with Crippen molar-refractivity contribution in [2.45, 2.75) is 27.2 Å². The molecule has 0 spiro atoms. The van der Waals surface area contributed by atoms with E-state index in [0.29, 0.717) is 23.3 Å². The van der Waals surface area contributed by atoms with E-state index in [9.17, 15) is 4.79 Å². The molecule has 21 heavy (non-hydrogen) atoms. The highest BCUT2D eigenvalue weighted by Crippen LogP contribution is 2.10. The maximum absolute atomic E-state index is 12.0. The lowest BCUT2D eigenvalue weighted by molar-refractivity contribution is 0.102. The fourth-order valence-electron chi connectivity index (χ4n) is 1.67. The number of nitrogens with zero attached hydrogens (tertiary/aromatic N) is 3. The summed E-state index contributed by atoms with van der Waals surface area (Å²) in [4.78, 5) is 20.1. The molecule has 1 amide bonds. The van der Waals surface area contributed by atoms with Gasteiger partial charge in [-0.05, 0) is 19.3 Å². The van der Waals surface area contributed by atoms with Gasteiger partial charge in [0.25, 0.3) is 5.91 Å². The molecule has 0 unspecified atom stereocenters. The van der Waals surface area contributed by atoms with Crippen LogP contribution in [-0.2, 0) is 0 Å². The van der Waals surface area contributed by atoms with Crippen LogP contribution in [0.2, 0.25) is 0 Å². The third-order valence-electron chi connectivity index (χ3n) is 2.80. The Hall–Kier alpha value is -2.44. The molecule has 0 saturated heterocycles. The van der Waals surface area contributed by atoms with Crippen molar-refractivity contribution in [2.24, 2.45) is 5.92 Å². The molecule has 2 aromatic rings. The van der Waals surface area contributed by atoms with E-state index in [1.807, 2.05) is 0 Å². The van der Waals surface area contributed by atoms with E-state index >= 15 is 0 Å². The second-order valence-corrected chi connectivity index (χ2v) is 5.17. The molecular weight excluding hydrogens is 270 g/mol. The van der Waals surface area contributed by atoms with Crippen LogP contribution < -0.4 is 10.6 Å². The molecule has 0 aliphatic rings. The van der Waals surface area contributed by atoms with E-state index in [1.165, 1.54) is 6.33 Å². The molecule has 2 rings (SSSR count). The van der Waals surface area contributed by atoms with Crippen molar-refractivity contribution in [1.29, 1.82) is 0 Å². The van der Waals surface area contributed by atoms with E-state index in [2.05, 4.69) is 39.6 Å². The molecule has 2 heterocycles. The first-order chi connectivity index (χ1) is 10.0. The third kappa shape index (κ3) is 4.55. The summed E-state index contributed by atoms with van der Waals surface area (Å²) in [6.07, 6.45) is 2.39. The number of hydrogen-bond acceptors (Lipinski definition) is 6. The smallest absolute Gasteiger partial charge is 0.275 e. The molecule has 0 aromatic carbocycles. The Morgan fingerprint density at radius 2 is 2.10 bits per heavy atom. The van der Waals surface area contributed by atoms with Gasteiger partial charge in [-0.25, -0.2) is 9.97 Å². The number of hydrogen-bond donors (Lipinski definition) is 2. The van der Waals surface area contributed by atoms with Crippen molar-refractivity contribution >= 4 is 17.5 Å². The second-order valence-electron chi connectivity index (χ2n) is 5.17. The van der Waals surface area contributed by atoms with Crippen LogP contribution in [0.5, 0.6) is 0 Å². The fraction of sp³-hybridized carbons (Fsp3) is 0.429. The monoisotopic (exact) mass is 289 g/mol. The zero-order valence-electron chi connectivity index (χ0n) is 12.4. The van der Waals surface area contributed by atoms with E-state index in [-0.39, 0.29) is 11.6 Å². The number of carbonyl (C=O) groups excluding carboxylic acids is 1. The quantitative estimate of drug-likeness (QED) is 0.848. The van der Waals surface area contributed by atoms with Crippen LogP contribution in [0.4, 0.5) is 11.6 Å². The standard InChI is InChI=1S/C14H19N5O2/c1-9(2)4-5-15-12-7-11(16-8-17-12)14(20)18-13-6-10(3)21-19-13/h6-9H,4-5H2,1-3H3,(H,15,16,17)(H,18,19,20). The summed E-state index contributed by atoms with van der Waals surface area (Å²) < 4.78 is 4.89. The molecule has 2 N–H and O–H groups in total. The average molecular weight is 289 g/mol. The first-order valence-electron chi connectivity index (χ1n) is 6.85. The second kappa shape index (κ2) is 6.83. The van der Waals surface area contributed by atoms with Gasteiger partial charge < -0.3 is 15.2 Å². The van der Waals surface area contributed by atoms with Gasteiger partial charge in [0.05, 0.1) is 0 Å². The predicted octanol–water partition coefficient (Wildman–Crippen LogP) is 2.48. The molecule has 7 nitrogen and oxygen atoms in total. The molecule has 0 radical (unpaired) electrons. The Labute approximate surface area is 123 Å². The minimum absolute atomic E-state index is 0.276. The summed E-state index contributed by atoms with van der Waals surface area (Å²) in [6.45, 7) is 6.86. The van der Waals surface area contributed by atoms with Crippen LogP contribution >= 0.6 is 0 Å². The normalized spacial score (nSPS) is 10.7. The third-order valence-corrected chi connectivity index (χ3v) is 2.80. The van der Waals surface area contributed by atoms with Crippen molar-refractivity contribution in [1.82, 2.24) is 15.1 Å². The highest BCUT2D eigenvalue weighted by molar-refractivity contribution is 6.02. The lowest BCUT2D eigenvalue weighted by Gasteiger charge is -2.08. The Morgan fingerprint density at radius 1 is 1.29 bits per heavy atom. The molecule has 0 bridgehead atoms. The van der Waals surface area contributed by atoms with Crippen LogP contribution in [0.15, 0.2) is 23.0 Å². The van der Waals surface area contributed by atoms with Gasteiger partial charge in [-0.1, -0.05) is 19.0 Å². The highest BCUT2D eigenvalue weighted by Gasteiger charge is 2.11. The molecule has 0 aliphatic heterocycles. The van der Waals surface area contributed by atoms with Gasteiger partial charge in [0, 0.05) is 18.7 Å². The maximum atomic E-state index is 12.0. The highest BCUT2D eigenvalue weighted by atomic mass is 16.5. The van der Waals surface area contributed by atoms with Crippen LogP contribution in [0.1, 0.15) is 36.5 Å². The Morgan fingerprint density at radius 3 is 2.76 bits per heavy atom. The average Bonchev–Trinajstić information content (AvgIpc) is 2.84. The van der Waals surface area contributed by atoms with Gasteiger partial charge in [0.1, 0.15) is 23.6 Å². The summed E-state index contributed by atoms with van der Waals surface area (Å²) in [5.74, 6) is 1.89. The Bertz CT molecular complexity index is 609. The number of anilines is 2. The van der Waals surface area contributed by atoms with Crippen molar-refractivity contribution in [3.63, 3.8) is 0 Å². The summed E-state index contributed by atoms with van der Waals surface area (Å²) in [5, 5.41) is 9.50. The van der Waals surface area contributed by atoms with Crippen LogP contribution in [0.3, 0.4) is 0 Å². The minimum Gasteiger partial charge on any atom is -0.370 e. The van der Waals surface area contributed by atoms with Gasteiger partial charge in [0.2, 0.25) is 0 Å². The summed E-state index contributed by atoms with van der Waals surface area (Å²) in [5.41, 5.74) is 0.276. The molecule has 7 heteroatoms. The van der Waals surface area contributed by atoms with Crippen LogP contribution in [0.25, 0.3) is 0 Å². The number of nitrogens with one attached hydrogen (secondary N) is 2. The van der Waals surface area contributed by atoms with Crippen molar-refractivity contribution < 1.29 is 9.32 Å². The number of rotatable bonds is 6. The van der Waals surface area contributed by atoms with Crippen molar-refractivity contribution in [2.75, 3.05) is 17.2 Å². The lowest BCUT2D eigenvalue weighted by atomic mass is 10.1. The van der Waals surface area contributed by atoms with Crippen molar-refractivity contribution in [3.8, 4) is 0 Å². The van der Waals surface area contributed by atoms with Gasteiger partial charge in [-0.15, -0.1) is 0 Å². The van der Waals surface area contributed by atoms with E-state index in [1.54, 1.807) is 19.1 Å². The molecule has 112 valence electrons. The summed E-state index contributed by atoms with van der Waals surface area (Å²) in [6, 6.07) is 3.25. The largest absolute Gasteiger partial charge is 0.370 e. The topological polar surface area (TPSA) is 92.9 Å². The predicted molar refractivity (Wildman–Crippen MR) is 79.2 cm³/mol. The first-order valence-corrected chi connectivity index (χ1v) is 6.85. The molecule has 0 aliphatic carbocycles. The minimum atomic E-state index is -0.349. The van der Waals surface area contributed by atoms with E-state index in [4.69, 9.17) is 4.52 Å². The van der Waals surface area contributed by atoms with Crippen molar-refractivity contribution in [3.05, 3.63) is 29.9 Å². The van der Waals surface area contributed by atoms with Gasteiger partial charge >= 0.3 is 0 Å². The molecule has 0 atom stereocenters. The molecule has 2 aromatic heterocycles.